The monoisotopic (exact) mass is 328 g/mol. The molecule has 1 atom stereocenters. The van der Waals surface area contributed by atoms with Crippen LogP contribution in [-0.4, -0.2) is 40.0 Å². The van der Waals surface area contributed by atoms with Gasteiger partial charge in [-0.25, -0.2) is 4.98 Å². The minimum Gasteiger partial charge on any atom is -0.356 e. The maximum absolute atomic E-state index is 11.1. The van der Waals surface area contributed by atoms with E-state index in [1.54, 1.807) is 6.92 Å². The van der Waals surface area contributed by atoms with Crippen LogP contribution in [0.15, 0.2) is 24.3 Å². The number of fused-ring (bicyclic) bond motifs is 1. The van der Waals surface area contributed by atoms with Crippen molar-refractivity contribution in [1.82, 2.24) is 19.8 Å². The lowest BCUT2D eigenvalue weighted by molar-refractivity contribution is -0.119. The average Bonchev–Trinajstić information content (AvgIpc) is 2.91. The summed E-state index contributed by atoms with van der Waals surface area (Å²) in [6.07, 6.45) is 2.38. The Kier molecular flexibility index (Phi) is 5.19. The van der Waals surface area contributed by atoms with Crippen LogP contribution in [0.1, 0.15) is 45.5 Å². The summed E-state index contributed by atoms with van der Waals surface area (Å²) in [4.78, 5) is 18.5. The number of benzene rings is 1. The van der Waals surface area contributed by atoms with E-state index in [-0.39, 0.29) is 5.91 Å². The van der Waals surface area contributed by atoms with Gasteiger partial charge in [0, 0.05) is 26.1 Å². The van der Waals surface area contributed by atoms with Gasteiger partial charge in [-0.3, -0.25) is 9.69 Å². The molecule has 2 heterocycles. The molecule has 5 heteroatoms. The molecule has 1 N–H and O–H groups in total. The molecule has 1 fully saturated rings. The molecule has 0 aliphatic carbocycles. The van der Waals surface area contributed by atoms with Crippen LogP contribution in [0.3, 0.4) is 0 Å². The fraction of sp³-hybridized carbons (Fsp3) is 0.579. The van der Waals surface area contributed by atoms with Gasteiger partial charge in [0.25, 0.3) is 0 Å². The lowest BCUT2D eigenvalue weighted by Gasteiger charge is -2.32. The van der Waals surface area contributed by atoms with E-state index in [9.17, 15) is 4.79 Å². The molecule has 1 aliphatic heterocycles. The predicted octanol–water partition coefficient (Wildman–Crippen LogP) is 2.97. The number of aromatic nitrogens is 2. The van der Waals surface area contributed by atoms with Gasteiger partial charge >= 0.3 is 0 Å². The number of amides is 1. The number of rotatable bonds is 5. The number of carbonyl (C=O) groups is 1. The number of nitrogens with one attached hydrogen (secondary N) is 1. The third-order valence-electron chi connectivity index (χ3n) is 4.79. The van der Waals surface area contributed by atoms with Crippen LogP contribution >= 0.6 is 0 Å². The van der Waals surface area contributed by atoms with Crippen molar-refractivity contribution in [2.45, 2.75) is 46.2 Å². The highest BCUT2D eigenvalue weighted by Crippen LogP contribution is 2.24. The molecule has 0 radical (unpaired) electrons. The molecule has 0 saturated carbocycles. The summed E-state index contributed by atoms with van der Waals surface area (Å²) in [6.45, 7) is 9.82. The molecule has 0 unspecified atom stereocenters. The molecular formula is C19H28N4O. The summed E-state index contributed by atoms with van der Waals surface area (Å²) in [5, 5.41) is 2.96. The largest absolute Gasteiger partial charge is 0.356 e. The van der Waals surface area contributed by atoms with Crippen LogP contribution in [0.25, 0.3) is 11.0 Å². The predicted molar refractivity (Wildman–Crippen MR) is 96.8 cm³/mol. The first kappa shape index (κ1) is 17.0. The summed E-state index contributed by atoms with van der Waals surface area (Å²) in [6, 6.07) is 8.77. The topological polar surface area (TPSA) is 50.2 Å². The summed E-state index contributed by atoms with van der Waals surface area (Å²) < 4.78 is 2.35. The molecular weight excluding hydrogens is 300 g/mol. The Morgan fingerprint density at radius 1 is 1.38 bits per heavy atom. The Balaban J connectivity index is 1.74. The van der Waals surface area contributed by atoms with Gasteiger partial charge < -0.3 is 9.88 Å². The summed E-state index contributed by atoms with van der Waals surface area (Å²) >= 11 is 0. The number of hydrogen-bond acceptors (Lipinski definition) is 3. The van der Waals surface area contributed by atoms with Crippen LogP contribution < -0.4 is 5.32 Å². The fourth-order valence-corrected chi connectivity index (χ4v) is 3.73. The number of likely N-dealkylation sites (tertiary alicyclic amines) is 1. The van der Waals surface area contributed by atoms with Gasteiger partial charge in [-0.2, -0.15) is 0 Å². The second-order valence-corrected chi connectivity index (χ2v) is 7.16. The number of hydrogen-bond donors (Lipinski definition) is 1. The molecule has 0 spiro atoms. The van der Waals surface area contributed by atoms with Crippen molar-refractivity contribution in [3.63, 3.8) is 0 Å². The second-order valence-electron chi connectivity index (χ2n) is 7.16. The van der Waals surface area contributed by atoms with E-state index < -0.39 is 0 Å². The maximum Gasteiger partial charge on any atom is 0.216 e. The Morgan fingerprint density at radius 2 is 2.17 bits per heavy atom. The first-order valence-corrected chi connectivity index (χ1v) is 8.97. The zero-order valence-corrected chi connectivity index (χ0v) is 15.0. The minimum absolute atomic E-state index is 0.0636. The Morgan fingerprint density at radius 3 is 2.92 bits per heavy atom. The first-order valence-electron chi connectivity index (χ1n) is 8.97. The van der Waals surface area contributed by atoms with E-state index >= 15 is 0 Å². The average molecular weight is 328 g/mol. The van der Waals surface area contributed by atoms with Crippen molar-refractivity contribution < 1.29 is 4.79 Å². The van der Waals surface area contributed by atoms with Gasteiger partial charge in [-0.1, -0.05) is 12.1 Å². The number of imidazole rings is 1. The summed E-state index contributed by atoms with van der Waals surface area (Å²) in [5.74, 6) is 1.75. The van der Waals surface area contributed by atoms with Crippen molar-refractivity contribution in [2.75, 3.05) is 19.6 Å². The maximum atomic E-state index is 11.1. The zero-order valence-electron chi connectivity index (χ0n) is 15.0. The van der Waals surface area contributed by atoms with Crippen LogP contribution in [-0.2, 0) is 11.3 Å². The summed E-state index contributed by atoms with van der Waals surface area (Å²) in [7, 11) is 0. The molecule has 1 aromatic heterocycles. The van der Waals surface area contributed by atoms with Crippen LogP contribution in [0, 0.1) is 5.92 Å². The quantitative estimate of drug-likeness (QED) is 0.918. The molecule has 3 rings (SSSR count). The third-order valence-corrected chi connectivity index (χ3v) is 4.79. The molecule has 130 valence electrons. The minimum atomic E-state index is 0.0636. The van der Waals surface area contributed by atoms with Gasteiger partial charge in [0.05, 0.1) is 17.6 Å². The smallest absolute Gasteiger partial charge is 0.216 e. The molecule has 1 aliphatic rings. The van der Waals surface area contributed by atoms with Crippen LogP contribution in [0.2, 0.25) is 0 Å². The molecule has 5 nitrogen and oxygen atoms in total. The lowest BCUT2D eigenvalue weighted by Crippen LogP contribution is -2.40. The molecule has 1 amide bonds. The Bertz CT molecular complexity index is 706. The number of para-hydroxylation sites is 2. The van der Waals surface area contributed by atoms with Crippen molar-refractivity contribution >= 4 is 16.9 Å². The van der Waals surface area contributed by atoms with Crippen molar-refractivity contribution in [1.29, 1.82) is 0 Å². The van der Waals surface area contributed by atoms with Crippen molar-refractivity contribution in [3.05, 3.63) is 30.1 Å². The van der Waals surface area contributed by atoms with Crippen LogP contribution in [0.5, 0.6) is 0 Å². The highest BCUT2D eigenvalue weighted by Gasteiger charge is 2.22. The van der Waals surface area contributed by atoms with Gasteiger partial charge in [0.1, 0.15) is 5.82 Å². The molecule has 0 bridgehead atoms. The van der Waals surface area contributed by atoms with Crippen molar-refractivity contribution in [3.8, 4) is 0 Å². The van der Waals surface area contributed by atoms with Gasteiger partial charge in [-0.15, -0.1) is 0 Å². The molecule has 1 aromatic carbocycles. The number of piperidine rings is 1. The Hall–Kier alpha value is -1.88. The fourth-order valence-electron chi connectivity index (χ4n) is 3.73. The van der Waals surface area contributed by atoms with E-state index in [0.29, 0.717) is 12.0 Å². The number of nitrogens with zero attached hydrogens (tertiary/aromatic N) is 3. The van der Waals surface area contributed by atoms with Gasteiger partial charge in [0.2, 0.25) is 5.91 Å². The second kappa shape index (κ2) is 7.34. The molecule has 24 heavy (non-hydrogen) atoms. The normalized spacial score (nSPS) is 19.1. The SMILES string of the molecule is CC(=O)NC[C@@H]1CCCN(Cc2nc3ccccc3n2C(C)C)C1. The van der Waals surface area contributed by atoms with E-state index in [2.05, 4.69) is 46.8 Å². The summed E-state index contributed by atoms with van der Waals surface area (Å²) in [5.41, 5.74) is 2.29. The van der Waals surface area contributed by atoms with Crippen LogP contribution in [0.4, 0.5) is 0 Å². The standard InChI is InChI=1S/C19H28N4O/c1-14(2)23-18-9-5-4-8-17(18)21-19(23)13-22-10-6-7-16(12-22)11-20-15(3)24/h4-5,8-9,14,16H,6-7,10-13H2,1-3H3,(H,20,24)/t16-/m0/s1. The van der Waals surface area contributed by atoms with E-state index in [4.69, 9.17) is 4.98 Å². The lowest BCUT2D eigenvalue weighted by atomic mass is 9.98. The highest BCUT2D eigenvalue weighted by molar-refractivity contribution is 5.76. The van der Waals surface area contributed by atoms with E-state index in [1.807, 2.05) is 6.07 Å². The van der Waals surface area contributed by atoms with Gasteiger partial charge in [0.15, 0.2) is 0 Å². The van der Waals surface area contributed by atoms with E-state index in [1.165, 1.54) is 18.4 Å². The Labute approximate surface area is 144 Å². The van der Waals surface area contributed by atoms with Crippen molar-refractivity contribution in [2.24, 2.45) is 5.92 Å². The molecule has 2 aromatic rings. The van der Waals surface area contributed by atoms with Gasteiger partial charge in [-0.05, 0) is 51.3 Å². The first-order chi connectivity index (χ1) is 11.5. The number of carbonyl (C=O) groups excluding carboxylic acids is 1. The van der Waals surface area contributed by atoms with E-state index in [0.717, 1.165) is 37.5 Å². The highest BCUT2D eigenvalue weighted by atomic mass is 16.1. The third kappa shape index (κ3) is 3.78. The molecule has 1 saturated heterocycles. The zero-order chi connectivity index (χ0) is 17.1.